The number of benzene rings is 1. The number of epoxide rings is 1. The molecule has 1 aromatic rings. The molecule has 2 heterocycles. The standard InChI is InChI=1S/C23H31NO4/c1-22-8-5-9-23(14-27-23)20(22)10-16-17(21(25)28-19(16)11-22)13-24-12-15-6-3-4-7-18(15)26-2/h3-4,6-7,16-17,19-20,24H,5,8-14H2,1-2H3/t16-,17-,19-,20+,22-,23-/m1/s1. The zero-order valence-electron chi connectivity index (χ0n) is 16.9. The predicted molar refractivity (Wildman–Crippen MR) is 105 cm³/mol. The summed E-state index contributed by atoms with van der Waals surface area (Å²) in [7, 11) is 1.69. The highest BCUT2D eigenvalue weighted by Gasteiger charge is 2.64. The van der Waals surface area contributed by atoms with E-state index in [0.717, 1.165) is 30.8 Å². The molecule has 2 aliphatic carbocycles. The van der Waals surface area contributed by atoms with E-state index in [1.54, 1.807) is 7.11 Å². The number of rotatable bonds is 5. The average molecular weight is 386 g/mol. The van der Waals surface area contributed by atoms with Crippen LogP contribution in [-0.2, 0) is 20.8 Å². The Morgan fingerprint density at radius 1 is 1.29 bits per heavy atom. The van der Waals surface area contributed by atoms with Gasteiger partial charge in [-0.05, 0) is 49.5 Å². The normalized spacial score (nSPS) is 41.3. The van der Waals surface area contributed by atoms with Crippen molar-refractivity contribution in [3.8, 4) is 5.75 Å². The maximum absolute atomic E-state index is 12.7. The number of fused-ring (bicyclic) bond motifs is 3. The van der Waals surface area contributed by atoms with Gasteiger partial charge >= 0.3 is 5.97 Å². The second-order valence-corrected chi connectivity index (χ2v) is 9.54. The number of carbonyl (C=O) groups is 1. The van der Waals surface area contributed by atoms with Gasteiger partial charge in [-0.15, -0.1) is 0 Å². The summed E-state index contributed by atoms with van der Waals surface area (Å²) in [6.45, 7) is 4.67. The lowest BCUT2D eigenvalue weighted by Gasteiger charge is -2.51. The fraction of sp³-hybridized carbons (Fsp3) is 0.696. The molecule has 0 bridgehead atoms. The first kappa shape index (κ1) is 18.4. The first-order chi connectivity index (χ1) is 13.5. The van der Waals surface area contributed by atoms with Crippen LogP contribution in [0.4, 0.5) is 0 Å². The van der Waals surface area contributed by atoms with E-state index in [9.17, 15) is 4.79 Å². The Morgan fingerprint density at radius 2 is 2.11 bits per heavy atom. The first-order valence-corrected chi connectivity index (χ1v) is 10.7. The van der Waals surface area contributed by atoms with Crippen LogP contribution < -0.4 is 10.1 Å². The minimum atomic E-state index is -0.0537. The lowest BCUT2D eigenvalue weighted by atomic mass is 9.53. The fourth-order valence-electron chi connectivity index (χ4n) is 6.40. The van der Waals surface area contributed by atoms with Crippen molar-refractivity contribution in [2.75, 3.05) is 20.3 Å². The lowest BCUT2D eigenvalue weighted by molar-refractivity contribution is -0.147. The molecule has 1 N–H and O–H groups in total. The summed E-state index contributed by atoms with van der Waals surface area (Å²) < 4.78 is 17.3. The van der Waals surface area contributed by atoms with E-state index in [4.69, 9.17) is 14.2 Å². The minimum Gasteiger partial charge on any atom is -0.496 e. The lowest BCUT2D eigenvalue weighted by Crippen LogP contribution is -2.51. The summed E-state index contributed by atoms with van der Waals surface area (Å²) in [6, 6.07) is 8.01. The highest BCUT2D eigenvalue weighted by atomic mass is 16.6. The van der Waals surface area contributed by atoms with E-state index in [0.29, 0.717) is 24.9 Å². The number of hydrogen-bond donors (Lipinski definition) is 1. The van der Waals surface area contributed by atoms with E-state index < -0.39 is 0 Å². The molecule has 28 heavy (non-hydrogen) atoms. The monoisotopic (exact) mass is 385 g/mol. The number of para-hydroxylation sites is 1. The summed E-state index contributed by atoms with van der Waals surface area (Å²) in [5.74, 6) is 1.69. The van der Waals surface area contributed by atoms with Gasteiger partial charge in [0.15, 0.2) is 0 Å². The number of carbonyl (C=O) groups excluding carboxylic acids is 1. The largest absolute Gasteiger partial charge is 0.496 e. The number of esters is 1. The van der Waals surface area contributed by atoms with Crippen molar-refractivity contribution in [2.24, 2.45) is 23.2 Å². The quantitative estimate of drug-likeness (QED) is 0.622. The number of ether oxygens (including phenoxy) is 3. The van der Waals surface area contributed by atoms with Crippen LogP contribution in [0.15, 0.2) is 24.3 Å². The minimum absolute atomic E-state index is 0.0180. The van der Waals surface area contributed by atoms with Crippen molar-refractivity contribution in [2.45, 2.75) is 57.3 Å². The van der Waals surface area contributed by atoms with Crippen molar-refractivity contribution in [3.63, 3.8) is 0 Å². The zero-order valence-corrected chi connectivity index (χ0v) is 16.9. The third-order valence-corrected chi connectivity index (χ3v) is 7.95. The average Bonchev–Trinajstić information content (AvgIpc) is 3.38. The van der Waals surface area contributed by atoms with Crippen molar-refractivity contribution < 1.29 is 19.0 Å². The van der Waals surface area contributed by atoms with Gasteiger partial charge in [0.05, 0.1) is 25.2 Å². The molecule has 2 aliphatic heterocycles. The first-order valence-electron chi connectivity index (χ1n) is 10.7. The van der Waals surface area contributed by atoms with Gasteiger partial charge in [0.2, 0.25) is 0 Å². The van der Waals surface area contributed by atoms with Crippen LogP contribution in [0, 0.1) is 23.2 Å². The molecular weight excluding hydrogens is 354 g/mol. The molecule has 4 fully saturated rings. The van der Waals surface area contributed by atoms with Crippen LogP contribution in [0.25, 0.3) is 0 Å². The SMILES string of the molecule is COc1ccccc1CNC[C@H]1C(=O)O[C@@H]2C[C@@]3(C)CCC[C@@]4(CO4)[C@H]3C[C@@H]21. The van der Waals surface area contributed by atoms with Gasteiger partial charge < -0.3 is 19.5 Å². The highest BCUT2D eigenvalue weighted by Crippen LogP contribution is 2.62. The smallest absolute Gasteiger partial charge is 0.310 e. The third kappa shape index (κ3) is 2.94. The molecule has 5 heteroatoms. The molecule has 5 nitrogen and oxygen atoms in total. The summed E-state index contributed by atoms with van der Waals surface area (Å²) in [4.78, 5) is 12.7. The molecule has 5 rings (SSSR count). The Balaban J connectivity index is 1.27. The van der Waals surface area contributed by atoms with Crippen LogP contribution in [0.5, 0.6) is 5.75 Å². The molecular formula is C23H31NO4. The molecule has 0 amide bonds. The maximum Gasteiger partial charge on any atom is 0.310 e. The van der Waals surface area contributed by atoms with Crippen LogP contribution in [0.3, 0.4) is 0 Å². The summed E-state index contributed by atoms with van der Waals surface area (Å²) in [5.41, 5.74) is 1.48. The number of nitrogens with one attached hydrogen (secondary N) is 1. The molecule has 2 saturated carbocycles. The number of hydrogen-bond acceptors (Lipinski definition) is 5. The van der Waals surface area contributed by atoms with E-state index in [2.05, 4.69) is 18.3 Å². The molecule has 0 radical (unpaired) electrons. The second-order valence-electron chi connectivity index (χ2n) is 9.54. The zero-order chi connectivity index (χ0) is 19.4. The highest BCUT2D eigenvalue weighted by molar-refractivity contribution is 5.75. The van der Waals surface area contributed by atoms with Crippen LogP contribution in [0.2, 0.25) is 0 Å². The van der Waals surface area contributed by atoms with Gasteiger partial charge in [-0.2, -0.15) is 0 Å². The van der Waals surface area contributed by atoms with Crippen molar-refractivity contribution in [1.29, 1.82) is 0 Å². The van der Waals surface area contributed by atoms with Gasteiger partial charge in [-0.3, -0.25) is 4.79 Å². The second kappa shape index (κ2) is 6.74. The van der Waals surface area contributed by atoms with Crippen molar-refractivity contribution >= 4 is 5.97 Å². The molecule has 152 valence electrons. The van der Waals surface area contributed by atoms with Gasteiger partial charge in [0.1, 0.15) is 11.9 Å². The van der Waals surface area contributed by atoms with E-state index in [1.807, 2.05) is 18.2 Å². The Labute approximate surface area is 167 Å². The van der Waals surface area contributed by atoms with Crippen molar-refractivity contribution in [3.05, 3.63) is 29.8 Å². The summed E-state index contributed by atoms with van der Waals surface area (Å²) in [5, 5.41) is 3.49. The Morgan fingerprint density at radius 3 is 2.89 bits per heavy atom. The van der Waals surface area contributed by atoms with E-state index in [-0.39, 0.29) is 29.0 Å². The topological polar surface area (TPSA) is 60.1 Å². The molecule has 1 aromatic carbocycles. The van der Waals surface area contributed by atoms with E-state index >= 15 is 0 Å². The molecule has 6 atom stereocenters. The molecule has 0 aromatic heterocycles. The van der Waals surface area contributed by atoms with Gasteiger partial charge in [0.25, 0.3) is 0 Å². The maximum atomic E-state index is 12.7. The fourth-order valence-corrected chi connectivity index (χ4v) is 6.40. The predicted octanol–water partition coefficient (Wildman–Crippen LogP) is 3.31. The molecule has 0 unspecified atom stereocenters. The third-order valence-electron chi connectivity index (χ3n) is 7.95. The van der Waals surface area contributed by atoms with Gasteiger partial charge in [0, 0.05) is 24.6 Å². The van der Waals surface area contributed by atoms with Crippen LogP contribution in [0.1, 0.15) is 44.6 Å². The van der Waals surface area contributed by atoms with Crippen molar-refractivity contribution in [1.82, 2.24) is 5.32 Å². The van der Waals surface area contributed by atoms with Crippen LogP contribution >= 0.6 is 0 Å². The van der Waals surface area contributed by atoms with Gasteiger partial charge in [-0.1, -0.05) is 25.1 Å². The Bertz CT molecular complexity index is 761. The summed E-state index contributed by atoms with van der Waals surface area (Å²) in [6.07, 6.45) is 5.81. The van der Waals surface area contributed by atoms with Crippen LogP contribution in [-0.4, -0.2) is 37.9 Å². The van der Waals surface area contributed by atoms with E-state index in [1.165, 1.54) is 19.3 Å². The number of methoxy groups -OCH3 is 1. The molecule has 4 aliphatic rings. The van der Waals surface area contributed by atoms with Gasteiger partial charge in [-0.25, -0.2) is 0 Å². The summed E-state index contributed by atoms with van der Waals surface area (Å²) >= 11 is 0. The molecule has 2 saturated heterocycles. The molecule has 1 spiro atoms. The Hall–Kier alpha value is -1.59. The Kier molecular flexibility index (Phi) is 4.44.